The van der Waals surface area contributed by atoms with E-state index in [4.69, 9.17) is 18.9 Å². The van der Waals surface area contributed by atoms with E-state index in [1.54, 1.807) is 0 Å². The molecule has 0 aromatic heterocycles. The van der Waals surface area contributed by atoms with Gasteiger partial charge in [0.05, 0.1) is 40.3 Å². The van der Waals surface area contributed by atoms with Crippen LogP contribution in [0.3, 0.4) is 0 Å². The minimum atomic E-state index is -1.62. The zero-order valence-corrected chi connectivity index (χ0v) is 42.8. The Hall–Kier alpha value is -3.53. The number of likely N-dealkylation sites (N-methyl/N-ethyl adjacent to an activating group) is 1. The van der Waals surface area contributed by atoms with Crippen molar-refractivity contribution in [2.75, 3.05) is 47.5 Å². The Morgan fingerprint density at radius 3 is 1.29 bits per heavy atom. The van der Waals surface area contributed by atoms with E-state index in [0.29, 0.717) is 17.4 Å². The number of nitrogens with zero attached hydrogens (tertiary/aromatic N) is 1. The molecule has 9 nitrogen and oxygen atoms in total. The van der Waals surface area contributed by atoms with Crippen LogP contribution in [0.2, 0.25) is 0 Å². The molecule has 0 aliphatic heterocycles. The Kier molecular flexibility index (Phi) is 45.4. The number of esters is 2. The predicted octanol–water partition coefficient (Wildman–Crippen LogP) is 13.5. The summed E-state index contributed by atoms with van der Waals surface area (Å²) in [7, 11) is 5.90. The Balaban J connectivity index is 4.21. The van der Waals surface area contributed by atoms with Crippen molar-refractivity contribution in [2.45, 2.75) is 212 Å². The van der Waals surface area contributed by atoms with Crippen molar-refractivity contribution >= 4 is 17.9 Å². The van der Waals surface area contributed by atoms with E-state index in [0.717, 1.165) is 89.9 Å². The number of rotatable bonds is 47. The SMILES string of the molecule is CC/C=C\C/C=C\C/C=C\C/C=C\C/C=C\C/C=C\C/C=C\CCCCCCCCCCCC(=O)OC(COC(=O)CCCCCCCCCCCC)COC(OCC[N+](C)(C)C)C(=O)[O-]. The summed E-state index contributed by atoms with van der Waals surface area (Å²) in [5.41, 5.74) is 0. The fourth-order valence-corrected chi connectivity index (χ4v) is 6.87. The normalized spacial score (nSPS) is 13.5. The minimum absolute atomic E-state index is 0.144. The van der Waals surface area contributed by atoms with Gasteiger partial charge in [0.15, 0.2) is 12.4 Å². The van der Waals surface area contributed by atoms with Crippen molar-refractivity contribution in [3.63, 3.8) is 0 Å². The molecular weight excluding hydrogens is 827 g/mol. The van der Waals surface area contributed by atoms with Crippen LogP contribution in [0.5, 0.6) is 0 Å². The molecule has 66 heavy (non-hydrogen) atoms. The number of carbonyl (C=O) groups excluding carboxylic acids is 3. The largest absolute Gasteiger partial charge is 0.545 e. The fourth-order valence-electron chi connectivity index (χ4n) is 6.87. The number of carbonyl (C=O) groups is 3. The molecule has 9 heteroatoms. The first-order valence-electron chi connectivity index (χ1n) is 26.2. The molecule has 0 saturated carbocycles. The standard InChI is InChI=1S/C57H97NO8/c1-6-8-10-12-14-16-18-19-20-21-22-23-24-25-26-27-28-29-30-31-32-33-34-35-36-37-38-40-42-44-46-48-55(60)66-53(52-65-57(56(61)62)63-50-49-58(3,4)5)51-64-54(59)47-45-43-41-39-17-15-13-11-9-7-2/h8,10,14,16,19-20,22-23,25-26,28-29,31-32,53,57H,6-7,9,11-13,15,17-18,21,24,27,30,33-52H2,1-5H3/b10-8-,16-14-,20-19-,23-22-,26-25-,29-28-,32-31-. The highest BCUT2D eigenvalue weighted by molar-refractivity contribution is 5.70. The molecule has 0 bridgehead atoms. The van der Waals surface area contributed by atoms with Gasteiger partial charge in [0.1, 0.15) is 13.2 Å². The third-order valence-electron chi connectivity index (χ3n) is 10.9. The highest BCUT2D eigenvalue weighted by Gasteiger charge is 2.22. The van der Waals surface area contributed by atoms with Crippen LogP contribution in [0.1, 0.15) is 200 Å². The topological polar surface area (TPSA) is 111 Å². The molecule has 0 radical (unpaired) electrons. The van der Waals surface area contributed by atoms with Crippen molar-refractivity contribution in [3.8, 4) is 0 Å². The molecule has 0 amide bonds. The average Bonchev–Trinajstić information content (AvgIpc) is 3.28. The second kappa shape index (κ2) is 47.9. The van der Waals surface area contributed by atoms with Crippen molar-refractivity contribution in [1.29, 1.82) is 0 Å². The maximum absolute atomic E-state index is 12.8. The zero-order valence-electron chi connectivity index (χ0n) is 42.8. The lowest BCUT2D eigenvalue weighted by Gasteiger charge is -2.26. The van der Waals surface area contributed by atoms with Gasteiger partial charge in [-0.05, 0) is 70.6 Å². The van der Waals surface area contributed by atoms with Crippen LogP contribution < -0.4 is 5.11 Å². The molecule has 0 saturated heterocycles. The number of carboxylic acid groups (broad SMARTS) is 1. The molecule has 0 aliphatic carbocycles. The fraction of sp³-hybridized carbons (Fsp3) is 0.702. The first-order chi connectivity index (χ1) is 32.1. The molecule has 2 atom stereocenters. The lowest BCUT2D eigenvalue weighted by atomic mass is 10.1. The van der Waals surface area contributed by atoms with Gasteiger partial charge in [-0.2, -0.15) is 0 Å². The average molecular weight is 924 g/mol. The first kappa shape index (κ1) is 62.5. The third-order valence-corrected chi connectivity index (χ3v) is 10.9. The number of ether oxygens (including phenoxy) is 4. The van der Waals surface area contributed by atoms with Gasteiger partial charge in [-0.3, -0.25) is 9.59 Å². The Morgan fingerprint density at radius 1 is 0.470 bits per heavy atom. The number of aliphatic carboxylic acids is 1. The summed E-state index contributed by atoms with van der Waals surface area (Å²) in [5.74, 6) is -2.30. The van der Waals surface area contributed by atoms with Gasteiger partial charge < -0.3 is 33.3 Å². The van der Waals surface area contributed by atoms with Crippen LogP contribution >= 0.6 is 0 Å². The summed E-state index contributed by atoms with van der Waals surface area (Å²) in [6, 6.07) is 0. The van der Waals surface area contributed by atoms with E-state index in [1.165, 1.54) is 77.0 Å². The van der Waals surface area contributed by atoms with Crippen LogP contribution in [0.4, 0.5) is 0 Å². The van der Waals surface area contributed by atoms with E-state index in [-0.39, 0.29) is 38.6 Å². The smallest absolute Gasteiger partial charge is 0.306 e. The molecule has 0 aliphatic rings. The summed E-state index contributed by atoms with van der Waals surface area (Å²) < 4.78 is 22.6. The molecule has 0 aromatic rings. The van der Waals surface area contributed by atoms with E-state index < -0.39 is 24.3 Å². The number of carboxylic acids is 1. The highest BCUT2D eigenvalue weighted by Crippen LogP contribution is 2.14. The van der Waals surface area contributed by atoms with Gasteiger partial charge >= 0.3 is 11.9 Å². The number of hydrogen-bond donors (Lipinski definition) is 0. The van der Waals surface area contributed by atoms with Gasteiger partial charge in [0.2, 0.25) is 0 Å². The molecule has 0 fully saturated rings. The molecule has 0 N–H and O–H groups in total. The molecule has 0 heterocycles. The van der Waals surface area contributed by atoms with E-state index in [9.17, 15) is 19.5 Å². The van der Waals surface area contributed by atoms with E-state index in [2.05, 4.69) is 98.9 Å². The van der Waals surface area contributed by atoms with Gasteiger partial charge in [0, 0.05) is 12.8 Å². The van der Waals surface area contributed by atoms with Crippen LogP contribution in [0.25, 0.3) is 0 Å². The first-order valence-corrected chi connectivity index (χ1v) is 26.2. The van der Waals surface area contributed by atoms with Crippen LogP contribution in [0, 0.1) is 0 Å². The number of allylic oxidation sites excluding steroid dienone is 14. The molecular formula is C57H97NO8. The second-order valence-corrected chi connectivity index (χ2v) is 18.4. The molecule has 0 rings (SSSR count). The predicted molar refractivity (Wildman–Crippen MR) is 274 cm³/mol. The van der Waals surface area contributed by atoms with Gasteiger partial charge in [-0.1, -0.05) is 202 Å². The molecule has 378 valence electrons. The maximum atomic E-state index is 12.8. The van der Waals surface area contributed by atoms with E-state index >= 15 is 0 Å². The third kappa shape index (κ3) is 48.4. The lowest BCUT2D eigenvalue weighted by molar-refractivity contribution is -0.870. The summed E-state index contributed by atoms with van der Waals surface area (Å²) in [4.78, 5) is 37.0. The summed E-state index contributed by atoms with van der Waals surface area (Å²) >= 11 is 0. The summed E-state index contributed by atoms with van der Waals surface area (Å²) in [5, 5.41) is 11.7. The zero-order chi connectivity index (χ0) is 48.4. The van der Waals surface area contributed by atoms with Crippen molar-refractivity contribution < 1.29 is 42.9 Å². The van der Waals surface area contributed by atoms with Crippen LogP contribution in [0.15, 0.2) is 85.1 Å². The lowest BCUT2D eigenvalue weighted by Crippen LogP contribution is -2.44. The molecule has 2 unspecified atom stereocenters. The van der Waals surface area contributed by atoms with Crippen LogP contribution in [-0.4, -0.2) is 82.3 Å². The molecule has 0 aromatic carbocycles. The minimum Gasteiger partial charge on any atom is -0.545 e. The van der Waals surface area contributed by atoms with Gasteiger partial charge in [-0.15, -0.1) is 0 Å². The van der Waals surface area contributed by atoms with Gasteiger partial charge in [0.25, 0.3) is 0 Å². The van der Waals surface area contributed by atoms with Crippen molar-refractivity contribution in [3.05, 3.63) is 85.1 Å². The summed E-state index contributed by atoms with van der Waals surface area (Å²) in [6.07, 6.45) is 59.2. The van der Waals surface area contributed by atoms with E-state index in [1.807, 2.05) is 21.1 Å². The Morgan fingerprint density at radius 2 is 0.864 bits per heavy atom. The molecule has 0 spiro atoms. The number of unbranched alkanes of at least 4 members (excludes halogenated alkanes) is 18. The summed E-state index contributed by atoms with van der Waals surface area (Å²) in [6.45, 7) is 4.59. The van der Waals surface area contributed by atoms with Gasteiger partial charge in [-0.25, -0.2) is 0 Å². The highest BCUT2D eigenvalue weighted by atomic mass is 16.7. The number of quaternary nitrogens is 1. The Labute approximate surface area is 404 Å². The van der Waals surface area contributed by atoms with Crippen molar-refractivity contribution in [2.24, 2.45) is 0 Å². The van der Waals surface area contributed by atoms with Crippen molar-refractivity contribution in [1.82, 2.24) is 0 Å². The van der Waals surface area contributed by atoms with Crippen LogP contribution in [-0.2, 0) is 33.3 Å². The number of hydrogen-bond acceptors (Lipinski definition) is 8. The second-order valence-electron chi connectivity index (χ2n) is 18.4. The quantitative estimate of drug-likeness (QED) is 0.0195. The maximum Gasteiger partial charge on any atom is 0.306 e. The Bertz CT molecular complexity index is 1350. The monoisotopic (exact) mass is 924 g/mol.